The smallest absolute Gasteiger partial charge is 0.0322 e. The SMILES string of the molecule is CCNC1CCCCc2cc3c(cc21)CCC3. The molecule has 17 heavy (non-hydrogen) atoms. The van der Waals surface area contributed by atoms with Gasteiger partial charge in [0.2, 0.25) is 0 Å². The Morgan fingerprint density at radius 3 is 2.59 bits per heavy atom. The number of rotatable bonds is 2. The van der Waals surface area contributed by atoms with Crippen LogP contribution in [0, 0.1) is 0 Å². The Labute approximate surface area is 105 Å². The third-order valence-electron chi connectivity index (χ3n) is 4.37. The fourth-order valence-corrected chi connectivity index (χ4v) is 3.51. The van der Waals surface area contributed by atoms with Crippen LogP contribution in [0.15, 0.2) is 12.1 Å². The molecule has 0 saturated heterocycles. The first kappa shape index (κ1) is 11.3. The fourth-order valence-electron chi connectivity index (χ4n) is 3.51. The van der Waals surface area contributed by atoms with E-state index < -0.39 is 0 Å². The van der Waals surface area contributed by atoms with Crippen molar-refractivity contribution >= 4 is 0 Å². The topological polar surface area (TPSA) is 12.0 Å². The molecular weight excluding hydrogens is 206 g/mol. The molecule has 1 aromatic rings. The highest BCUT2D eigenvalue weighted by molar-refractivity contribution is 5.43. The van der Waals surface area contributed by atoms with Crippen molar-refractivity contribution in [3.05, 3.63) is 34.4 Å². The number of benzene rings is 1. The normalized spacial score (nSPS) is 23.0. The Balaban J connectivity index is 2.00. The summed E-state index contributed by atoms with van der Waals surface area (Å²) in [4.78, 5) is 0. The molecule has 1 N–H and O–H groups in total. The Morgan fingerprint density at radius 1 is 1.00 bits per heavy atom. The number of hydrogen-bond acceptors (Lipinski definition) is 1. The summed E-state index contributed by atoms with van der Waals surface area (Å²) in [6.45, 7) is 3.30. The molecule has 0 saturated carbocycles. The summed E-state index contributed by atoms with van der Waals surface area (Å²) >= 11 is 0. The lowest BCUT2D eigenvalue weighted by atomic mass is 9.94. The molecule has 2 aliphatic rings. The lowest BCUT2D eigenvalue weighted by molar-refractivity contribution is 0.503. The second-order valence-corrected chi connectivity index (χ2v) is 5.53. The van der Waals surface area contributed by atoms with Crippen LogP contribution in [-0.2, 0) is 19.3 Å². The van der Waals surface area contributed by atoms with Gasteiger partial charge in [0.1, 0.15) is 0 Å². The summed E-state index contributed by atoms with van der Waals surface area (Å²) in [6, 6.07) is 5.66. The standard InChI is InChI=1S/C16H23N/c1-2-17-16-9-4-3-6-14-10-12-7-5-8-13(12)11-15(14)16/h10-11,16-17H,2-9H2,1H3. The minimum absolute atomic E-state index is 0.614. The van der Waals surface area contributed by atoms with Gasteiger partial charge in [-0.15, -0.1) is 0 Å². The molecular formula is C16H23N. The van der Waals surface area contributed by atoms with Gasteiger partial charge in [-0.1, -0.05) is 25.5 Å². The van der Waals surface area contributed by atoms with Gasteiger partial charge in [-0.2, -0.15) is 0 Å². The minimum atomic E-state index is 0.614. The van der Waals surface area contributed by atoms with Crippen molar-refractivity contribution in [2.75, 3.05) is 6.54 Å². The van der Waals surface area contributed by atoms with E-state index in [0.29, 0.717) is 6.04 Å². The van der Waals surface area contributed by atoms with Crippen molar-refractivity contribution in [2.45, 2.75) is 57.9 Å². The summed E-state index contributed by atoms with van der Waals surface area (Å²) in [6.07, 6.45) is 9.34. The van der Waals surface area contributed by atoms with Crippen LogP contribution >= 0.6 is 0 Å². The molecule has 0 radical (unpaired) electrons. The minimum Gasteiger partial charge on any atom is -0.310 e. The zero-order valence-corrected chi connectivity index (χ0v) is 10.9. The van der Waals surface area contributed by atoms with Crippen LogP contribution in [0.1, 0.15) is 60.9 Å². The molecule has 0 fully saturated rings. The number of nitrogens with one attached hydrogen (secondary N) is 1. The molecule has 2 aliphatic carbocycles. The second kappa shape index (κ2) is 4.81. The largest absolute Gasteiger partial charge is 0.310 e. The summed E-state index contributed by atoms with van der Waals surface area (Å²) in [5.41, 5.74) is 6.52. The van der Waals surface area contributed by atoms with Gasteiger partial charge in [-0.25, -0.2) is 0 Å². The molecule has 1 aromatic carbocycles. The van der Waals surface area contributed by atoms with Crippen LogP contribution in [0.3, 0.4) is 0 Å². The maximum absolute atomic E-state index is 3.67. The van der Waals surface area contributed by atoms with Gasteiger partial charge in [-0.05, 0) is 67.3 Å². The van der Waals surface area contributed by atoms with E-state index in [9.17, 15) is 0 Å². The van der Waals surface area contributed by atoms with Gasteiger partial charge in [0.05, 0.1) is 0 Å². The van der Waals surface area contributed by atoms with Crippen molar-refractivity contribution in [2.24, 2.45) is 0 Å². The van der Waals surface area contributed by atoms with Crippen LogP contribution in [0.5, 0.6) is 0 Å². The summed E-state index contributed by atoms with van der Waals surface area (Å²) < 4.78 is 0. The average Bonchev–Trinajstić information content (AvgIpc) is 2.70. The molecule has 1 unspecified atom stereocenters. The second-order valence-electron chi connectivity index (χ2n) is 5.53. The van der Waals surface area contributed by atoms with E-state index >= 15 is 0 Å². The number of aryl methyl sites for hydroxylation is 3. The van der Waals surface area contributed by atoms with Crippen molar-refractivity contribution in [1.29, 1.82) is 0 Å². The molecule has 0 bridgehead atoms. The highest BCUT2D eigenvalue weighted by Gasteiger charge is 2.21. The fraction of sp³-hybridized carbons (Fsp3) is 0.625. The highest BCUT2D eigenvalue weighted by atomic mass is 14.9. The van der Waals surface area contributed by atoms with Gasteiger partial charge in [-0.3, -0.25) is 0 Å². The maximum Gasteiger partial charge on any atom is 0.0322 e. The van der Waals surface area contributed by atoms with E-state index in [-0.39, 0.29) is 0 Å². The predicted molar refractivity (Wildman–Crippen MR) is 72.4 cm³/mol. The molecule has 3 rings (SSSR count). The van der Waals surface area contributed by atoms with Crippen LogP contribution < -0.4 is 5.32 Å². The Bertz CT molecular complexity index is 408. The molecule has 92 valence electrons. The zero-order valence-electron chi connectivity index (χ0n) is 10.9. The highest BCUT2D eigenvalue weighted by Crippen LogP contribution is 2.33. The molecule has 0 aromatic heterocycles. The third kappa shape index (κ3) is 2.13. The lowest BCUT2D eigenvalue weighted by Gasteiger charge is -2.20. The molecule has 1 atom stereocenters. The monoisotopic (exact) mass is 229 g/mol. The van der Waals surface area contributed by atoms with Crippen molar-refractivity contribution in [1.82, 2.24) is 5.32 Å². The Hall–Kier alpha value is -0.820. The van der Waals surface area contributed by atoms with Gasteiger partial charge < -0.3 is 5.32 Å². The van der Waals surface area contributed by atoms with Crippen molar-refractivity contribution in [3.63, 3.8) is 0 Å². The maximum atomic E-state index is 3.67. The van der Waals surface area contributed by atoms with E-state index in [1.165, 1.54) is 44.9 Å². The number of hydrogen-bond donors (Lipinski definition) is 1. The molecule has 1 nitrogen and oxygen atoms in total. The predicted octanol–water partition coefficient (Wildman–Crippen LogP) is 3.55. The Morgan fingerprint density at radius 2 is 1.76 bits per heavy atom. The van der Waals surface area contributed by atoms with Gasteiger partial charge >= 0.3 is 0 Å². The van der Waals surface area contributed by atoms with Crippen LogP contribution in [0.25, 0.3) is 0 Å². The van der Waals surface area contributed by atoms with E-state index in [4.69, 9.17) is 0 Å². The first-order chi connectivity index (χ1) is 8.38. The van der Waals surface area contributed by atoms with Crippen LogP contribution in [0.2, 0.25) is 0 Å². The van der Waals surface area contributed by atoms with Gasteiger partial charge in [0.15, 0.2) is 0 Å². The first-order valence-electron chi connectivity index (χ1n) is 7.26. The molecule has 0 amide bonds. The lowest BCUT2D eigenvalue weighted by Crippen LogP contribution is -2.21. The third-order valence-corrected chi connectivity index (χ3v) is 4.37. The quantitative estimate of drug-likeness (QED) is 0.765. The molecule has 1 heteroatoms. The Kier molecular flexibility index (Phi) is 3.19. The van der Waals surface area contributed by atoms with Crippen molar-refractivity contribution < 1.29 is 0 Å². The molecule has 0 spiro atoms. The van der Waals surface area contributed by atoms with Gasteiger partial charge in [0.25, 0.3) is 0 Å². The van der Waals surface area contributed by atoms with E-state index in [1.807, 2.05) is 0 Å². The van der Waals surface area contributed by atoms with Gasteiger partial charge in [0, 0.05) is 6.04 Å². The molecule has 0 heterocycles. The van der Waals surface area contributed by atoms with Crippen molar-refractivity contribution in [3.8, 4) is 0 Å². The van der Waals surface area contributed by atoms with E-state index in [1.54, 1.807) is 22.3 Å². The zero-order chi connectivity index (χ0) is 11.7. The first-order valence-corrected chi connectivity index (χ1v) is 7.26. The van der Waals surface area contributed by atoms with Crippen LogP contribution in [0.4, 0.5) is 0 Å². The number of fused-ring (bicyclic) bond motifs is 2. The van der Waals surface area contributed by atoms with E-state index in [0.717, 1.165) is 6.54 Å². The molecule has 0 aliphatic heterocycles. The van der Waals surface area contributed by atoms with Crippen LogP contribution in [-0.4, -0.2) is 6.54 Å². The summed E-state index contributed by atoms with van der Waals surface area (Å²) in [5, 5.41) is 3.67. The summed E-state index contributed by atoms with van der Waals surface area (Å²) in [5.74, 6) is 0. The average molecular weight is 229 g/mol. The summed E-state index contributed by atoms with van der Waals surface area (Å²) in [7, 11) is 0. The van der Waals surface area contributed by atoms with E-state index in [2.05, 4.69) is 24.4 Å².